The number of aromatic hydroxyl groups is 1. The molecule has 7 heteroatoms. The average Bonchev–Trinajstić information content (AvgIpc) is 3.05. The molecule has 0 amide bonds. The van der Waals surface area contributed by atoms with Gasteiger partial charge in [-0.3, -0.25) is 5.43 Å². The summed E-state index contributed by atoms with van der Waals surface area (Å²) in [4.78, 5) is 0. The highest BCUT2D eigenvalue weighted by Crippen LogP contribution is 2.27. The number of nitriles is 1. The molecule has 2 aromatic carbocycles. The van der Waals surface area contributed by atoms with Gasteiger partial charge in [0.2, 0.25) is 0 Å². The minimum absolute atomic E-state index is 0.197. The molecule has 0 spiro atoms. The number of phenols is 1. The molecule has 0 unspecified atom stereocenters. The van der Waals surface area contributed by atoms with Gasteiger partial charge in [-0.1, -0.05) is 6.07 Å². The Hall–Kier alpha value is -2.85. The predicted octanol–water partition coefficient (Wildman–Crippen LogP) is 3.08. The van der Waals surface area contributed by atoms with Crippen LogP contribution in [0.25, 0.3) is 0 Å². The molecule has 0 aliphatic carbocycles. The van der Waals surface area contributed by atoms with Crippen LogP contribution in [0.15, 0.2) is 53.5 Å². The van der Waals surface area contributed by atoms with Gasteiger partial charge in [-0.15, -0.1) is 10.2 Å². The second-order valence-electron chi connectivity index (χ2n) is 4.93. The van der Waals surface area contributed by atoms with Crippen molar-refractivity contribution in [3.05, 3.63) is 70.2 Å². The summed E-state index contributed by atoms with van der Waals surface area (Å²) in [6.45, 7) is 0. The number of hydrogen-bond donors (Lipinski definition) is 2. The van der Waals surface area contributed by atoms with Crippen LogP contribution in [0.3, 0.4) is 0 Å². The van der Waals surface area contributed by atoms with E-state index in [0.717, 1.165) is 16.8 Å². The lowest BCUT2D eigenvalue weighted by Crippen LogP contribution is -2.09. The van der Waals surface area contributed by atoms with E-state index in [-0.39, 0.29) is 5.75 Å². The van der Waals surface area contributed by atoms with E-state index in [4.69, 9.17) is 5.26 Å². The van der Waals surface area contributed by atoms with Crippen LogP contribution in [0, 0.1) is 11.3 Å². The molecule has 3 aromatic rings. The standard InChI is InChI=1S/C16H12BrN5O/c17-14-7-11(2-4-16(14)23)5-13-6-12(8-18)1-3-15(13)21-22-9-19-20-10-22/h1-4,6-7,9-10,21,23H,5H2. The van der Waals surface area contributed by atoms with Gasteiger partial charge in [0.1, 0.15) is 18.4 Å². The Morgan fingerprint density at radius 3 is 2.65 bits per heavy atom. The molecule has 0 saturated carbocycles. The zero-order valence-electron chi connectivity index (χ0n) is 11.9. The Balaban J connectivity index is 1.95. The zero-order chi connectivity index (χ0) is 16.2. The molecule has 6 nitrogen and oxygen atoms in total. The lowest BCUT2D eigenvalue weighted by atomic mass is 10.0. The van der Waals surface area contributed by atoms with Gasteiger partial charge in [0.25, 0.3) is 0 Å². The Morgan fingerprint density at radius 1 is 1.17 bits per heavy atom. The molecular weight excluding hydrogens is 358 g/mol. The predicted molar refractivity (Wildman–Crippen MR) is 88.8 cm³/mol. The highest BCUT2D eigenvalue weighted by atomic mass is 79.9. The van der Waals surface area contributed by atoms with Gasteiger partial charge in [0.05, 0.1) is 21.8 Å². The molecule has 3 rings (SSSR count). The lowest BCUT2D eigenvalue weighted by molar-refractivity contribution is 0.471. The highest BCUT2D eigenvalue weighted by Gasteiger charge is 2.08. The summed E-state index contributed by atoms with van der Waals surface area (Å²) in [5, 5.41) is 26.2. The normalized spacial score (nSPS) is 10.3. The minimum Gasteiger partial charge on any atom is -0.507 e. The molecule has 1 heterocycles. The number of nitrogens with one attached hydrogen (secondary N) is 1. The zero-order valence-corrected chi connectivity index (χ0v) is 13.5. The number of hydrogen-bond acceptors (Lipinski definition) is 5. The van der Waals surface area contributed by atoms with Crippen molar-refractivity contribution in [1.82, 2.24) is 14.9 Å². The molecule has 0 saturated heterocycles. The molecule has 0 aliphatic heterocycles. The number of benzene rings is 2. The molecule has 0 fully saturated rings. The largest absolute Gasteiger partial charge is 0.507 e. The third-order valence-electron chi connectivity index (χ3n) is 3.31. The van der Waals surface area contributed by atoms with E-state index in [0.29, 0.717) is 16.5 Å². The summed E-state index contributed by atoms with van der Waals surface area (Å²) in [7, 11) is 0. The van der Waals surface area contributed by atoms with E-state index in [2.05, 4.69) is 37.6 Å². The fourth-order valence-corrected chi connectivity index (χ4v) is 2.62. The van der Waals surface area contributed by atoms with Gasteiger partial charge in [-0.2, -0.15) is 5.26 Å². The molecule has 0 atom stereocenters. The SMILES string of the molecule is N#Cc1ccc(Nn2cnnc2)c(Cc2ccc(O)c(Br)c2)c1. The summed E-state index contributed by atoms with van der Waals surface area (Å²) < 4.78 is 2.28. The van der Waals surface area contributed by atoms with Crippen molar-refractivity contribution in [1.29, 1.82) is 5.26 Å². The number of rotatable bonds is 4. The first-order valence-corrected chi connectivity index (χ1v) is 7.57. The first-order valence-electron chi connectivity index (χ1n) is 6.78. The molecule has 0 radical (unpaired) electrons. The maximum atomic E-state index is 9.60. The van der Waals surface area contributed by atoms with Gasteiger partial charge in [0.15, 0.2) is 0 Å². The molecule has 1 aromatic heterocycles. The van der Waals surface area contributed by atoms with Crippen molar-refractivity contribution in [2.24, 2.45) is 0 Å². The third kappa shape index (κ3) is 3.49. The Kier molecular flexibility index (Phi) is 4.26. The van der Waals surface area contributed by atoms with Gasteiger partial charge < -0.3 is 5.11 Å². The van der Waals surface area contributed by atoms with Gasteiger partial charge in [0, 0.05) is 0 Å². The van der Waals surface area contributed by atoms with Crippen molar-refractivity contribution < 1.29 is 5.11 Å². The van der Waals surface area contributed by atoms with Crippen LogP contribution in [0.2, 0.25) is 0 Å². The van der Waals surface area contributed by atoms with E-state index in [1.54, 1.807) is 29.5 Å². The van der Waals surface area contributed by atoms with Crippen molar-refractivity contribution in [2.75, 3.05) is 5.43 Å². The van der Waals surface area contributed by atoms with Crippen molar-refractivity contribution in [3.8, 4) is 11.8 Å². The van der Waals surface area contributed by atoms with E-state index in [1.165, 1.54) is 0 Å². The van der Waals surface area contributed by atoms with Crippen molar-refractivity contribution in [3.63, 3.8) is 0 Å². The first kappa shape index (κ1) is 15.1. The maximum Gasteiger partial charge on any atom is 0.139 e. The Morgan fingerprint density at radius 2 is 1.96 bits per heavy atom. The van der Waals surface area contributed by atoms with E-state index in [9.17, 15) is 5.11 Å². The van der Waals surface area contributed by atoms with Gasteiger partial charge in [-0.25, -0.2) is 4.68 Å². The summed E-state index contributed by atoms with van der Waals surface area (Å²) in [6.07, 6.45) is 3.72. The molecule has 2 N–H and O–H groups in total. The quantitative estimate of drug-likeness (QED) is 0.737. The van der Waals surface area contributed by atoms with Crippen molar-refractivity contribution >= 4 is 21.6 Å². The topological polar surface area (TPSA) is 86.8 Å². The summed E-state index contributed by atoms with van der Waals surface area (Å²) in [6, 6.07) is 12.9. The molecule has 23 heavy (non-hydrogen) atoms. The molecular formula is C16H12BrN5O. The van der Waals surface area contributed by atoms with Gasteiger partial charge >= 0.3 is 0 Å². The highest BCUT2D eigenvalue weighted by molar-refractivity contribution is 9.10. The van der Waals surface area contributed by atoms with Crippen molar-refractivity contribution in [2.45, 2.75) is 6.42 Å². The summed E-state index contributed by atoms with van der Waals surface area (Å²) >= 11 is 3.32. The van der Waals surface area contributed by atoms with Crippen LogP contribution in [0.5, 0.6) is 5.75 Å². The average molecular weight is 370 g/mol. The second kappa shape index (κ2) is 6.50. The maximum absolute atomic E-state index is 9.60. The number of anilines is 1. The fourth-order valence-electron chi connectivity index (χ4n) is 2.20. The van der Waals surface area contributed by atoms with Crippen LogP contribution in [-0.2, 0) is 6.42 Å². The van der Waals surface area contributed by atoms with E-state index < -0.39 is 0 Å². The smallest absolute Gasteiger partial charge is 0.139 e. The third-order valence-corrected chi connectivity index (χ3v) is 3.94. The monoisotopic (exact) mass is 369 g/mol. The Bertz CT molecular complexity index is 871. The molecule has 0 bridgehead atoms. The fraction of sp³-hybridized carbons (Fsp3) is 0.0625. The first-order chi connectivity index (χ1) is 11.2. The summed E-state index contributed by atoms with van der Waals surface area (Å²) in [5.41, 5.74) is 6.58. The number of halogens is 1. The van der Waals surface area contributed by atoms with E-state index >= 15 is 0 Å². The van der Waals surface area contributed by atoms with Crippen LogP contribution < -0.4 is 5.43 Å². The van der Waals surface area contributed by atoms with Crippen LogP contribution in [-0.4, -0.2) is 20.0 Å². The summed E-state index contributed by atoms with van der Waals surface area (Å²) in [5.74, 6) is 0.197. The number of phenolic OH excluding ortho intramolecular Hbond substituents is 1. The second-order valence-corrected chi connectivity index (χ2v) is 5.78. The molecule has 0 aliphatic rings. The minimum atomic E-state index is 0.197. The van der Waals surface area contributed by atoms with Crippen LogP contribution in [0.1, 0.15) is 16.7 Å². The van der Waals surface area contributed by atoms with Crippen LogP contribution in [0.4, 0.5) is 5.69 Å². The van der Waals surface area contributed by atoms with Crippen LogP contribution >= 0.6 is 15.9 Å². The number of nitrogens with zero attached hydrogens (tertiary/aromatic N) is 4. The van der Waals surface area contributed by atoms with E-state index in [1.807, 2.05) is 24.3 Å². The van der Waals surface area contributed by atoms with Gasteiger partial charge in [-0.05, 0) is 63.8 Å². The lowest BCUT2D eigenvalue weighted by Gasteiger charge is -2.13. The number of aromatic nitrogens is 3. The Labute approximate surface area is 141 Å². The molecule has 114 valence electrons.